The Balaban J connectivity index is 1.59. The summed E-state index contributed by atoms with van der Waals surface area (Å²) in [7, 11) is 0. The van der Waals surface area contributed by atoms with Crippen LogP contribution in [0.2, 0.25) is 5.02 Å². The van der Waals surface area contributed by atoms with E-state index in [2.05, 4.69) is 11.5 Å². The second-order valence-electron chi connectivity index (χ2n) is 5.97. The Hall–Kier alpha value is -3.09. The van der Waals surface area contributed by atoms with Crippen molar-refractivity contribution in [3.05, 3.63) is 89.4 Å². The van der Waals surface area contributed by atoms with Crippen LogP contribution in [-0.2, 0) is 0 Å². The number of aromatic nitrogens is 1. The molecule has 0 amide bonds. The predicted octanol–water partition coefficient (Wildman–Crippen LogP) is 5.06. The van der Waals surface area contributed by atoms with E-state index in [1.807, 2.05) is 83.0 Å². The van der Waals surface area contributed by atoms with Gasteiger partial charge in [-0.15, -0.1) is 15.3 Å². The number of para-hydroxylation sites is 2. The monoisotopic (exact) mass is 391 g/mol. The highest BCUT2D eigenvalue weighted by atomic mass is 35.5. The number of nitrogens with one attached hydrogen (secondary N) is 1. The number of rotatable bonds is 3. The molecule has 2 heterocycles. The maximum atomic E-state index is 6.16. The maximum absolute atomic E-state index is 6.16. The van der Waals surface area contributed by atoms with Crippen molar-refractivity contribution in [1.29, 1.82) is 0 Å². The molecule has 5 nitrogen and oxygen atoms in total. The molecule has 0 saturated heterocycles. The number of halogens is 1. The molecule has 5 rings (SSSR count). The predicted molar refractivity (Wildman–Crippen MR) is 112 cm³/mol. The van der Waals surface area contributed by atoms with Crippen LogP contribution in [0.25, 0.3) is 10.2 Å². The fraction of sp³-hybridized carbons (Fsp3) is 0. The van der Waals surface area contributed by atoms with E-state index in [4.69, 9.17) is 21.7 Å². The van der Waals surface area contributed by atoms with Crippen molar-refractivity contribution in [3.8, 4) is 0 Å². The third kappa shape index (κ3) is 2.99. The summed E-state index contributed by atoms with van der Waals surface area (Å²) in [6.07, 6.45) is 0. The minimum absolute atomic E-state index is 0.668. The normalized spacial score (nSPS) is 13.7. The number of amidine groups is 1. The molecule has 7 heteroatoms. The zero-order valence-corrected chi connectivity index (χ0v) is 15.7. The summed E-state index contributed by atoms with van der Waals surface area (Å²) in [6, 6.07) is 25.7. The van der Waals surface area contributed by atoms with Gasteiger partial charge in [0.1, 0.15) is 0 Å². The van der Waals surface area contributed by atoms with Crippen LogP contribution >= 0.6 is 22.9 Å². The highest BCUT2D eigenvalue weighted by Crippen LogP contribution is 2.32. The quantitative estimate of drug-likeness (QED) is 0.530. The molecular weight excluding hydrogens is 378 g/mol. The van der Waals surface area contributed by atoms with Gasteiger partial charge in [0.15, 0.2) is 5.84 Å². The lowest BCUT2D eigenvalue weighted by Crippen LogP contribution is -2.44. The summed E-state index contributed by atoms with van der Waals surface area (Å²) in [5.74, 6) is 0.709. The minimum atomic E-state index is 0.668. The van der Waals surface area contributed by atoms with Crippen molar-refractivity contribution >= 4 is 49.8 Å². The number of benzene rings is 3. The van der Waals surface area contributed by atoms with Gasteiger partial charge in [-0.1, -0.05) is 65.4 Å². The molecule has 0 fully saturated rings. The van der Waals surface area contributed by atoms with Crippen LogP contribution in [-0.4, -0.2) is 10.8 Å². The molecule has 27 heavy (non-hydrogen) atoms. The van der Waals surface area contributed by atoms with Gasteiger partial charge in [-0.2, -0.15) is 0 Å². The lowest BCUT2D eigenvalue weighted by atomic mass is 10.2. The van der Waals surface area contributed by atoms with Crippen molar-refractivity contribution in [3.63, 3.8) is 0 Å². The molecule has 0 spiro atoms. The molecule has 0 atom stereocenters. The van der Waals surface area contributed by atoms with Gasteiger partial charge >= 0.3 is 0 Å². The highest BCUT2D eigenvalue weighted by Gasteiger charge is 2.28. The topological polar surface area (TPSA) is 43.8 Å². The molecule has 1 N–H and O–H groups in total. The lowest BCUT2D eigenvalue weighted by Gasteiger charge is -2.25. The molecule has 4 aromatic rings. The standard InChI is InChI=1S/C20H14ClN5S/c21-15-8-6-7-14(13-15)19-23-25(16-9-2-1-3-10-16)26(24-19)20-22-17-11-4-5-12-18(17)27-20/h1-13H,(H,23,24). The Bertz CT molecular complexity index is 1110. The van der Waals surface area contributed by atoms with Gasteiger partial charge < -0.3 is 0 Å². The van der Waals surface area contributed by atoms with Crippen LogP contribution in [0.4, 0.5) is 10.8 Å². The summed E-state index contributed by atoms with van der Waals surface area (Å²) in [4.78, 5) is 4.76. The van der Waals surface area contributed by atoms with Crippen molar-refractivity contribution in [2.45, 2.75) is 0 Å². The Morgan fingerprint density at radius 2 is 1.70 bits per heavy atom. The SMILES string of the molecule is Clc1cccc(C2=NN(c3ccccc3)N(c3nc4ccccc4s3)N2)c1. The summed E-state index contributed by atoms with van der Waals surface area (Å²) in [5.41, 5.74) is 6.16. The van der Waals surface area contributed by atoms with Gasteiger partial charge in [0.25, 0.3) is 0 Å². The van der Waals surface area contributed by atoms with Crippen molar-refractivity contribution < 1.29 is 0 Å². The van der Waals surface area contributed by atoms with Crippen LogP contribution in [0.5, 0.6) is 0 Å². The second kappa shape index (κ2) is 6.57. The third-order valence-corrected chi connectivity index (χ3v) is 5.39. The molecule has 1 aliphatic heterocycles. The van der Waals surface area contributed by atoms with Crippen LogP contribution in [0.3, 0.4) is 0 Å². The fourth-order valence-electron chi connectivity index (χ4n) is 2.88. The molecule has 0 saturated carbocycles. The number of thiazole rings is 1. The van der Waals surface area contributed by atoms with Gasteiger partial charge in [-0.25, -0.2) is 4.98 Å². The molecule has 1 aliphatic rings. The first-order valence-corrected chi connectivity index (χ1v) is 9.59. The molecule has 1 aromatic heterocycles. The molecule has 132 valence electrons. The van der Waals surface area contributed by atoms with Gasteiger partial charge in [0, 0.05) is 10.6 Å². The van der Waals surface area contributed by atoms with Crippen molar-refractivity contribution in [1.82, 2.24) is 10.4 Å². The molecular formula is C20H14ClN5S. The number of hydrazine groups is 2. The Labute approximate surface area is 165 Å². The first-order valence-electron chi connectivity index (χ1n) is 8.40. The largest absolute Gasteiger partial charge is 0.256 e. The number of hydrogen-bond acceptors (Lipinski definition) is 6. The Kier molecular flexibility index (Phi) is 3.92. The summed E-state index contributed by atoms with van der Waals surface area (Å²) in [6.45, 7) is 0. The van der Waals surface area contributed by atoms with E-state index in [1.54, 1.807) is 11.3 Å². The number of fused-ring (bicyclic) bond motifs is 1. The first-order chi connectivity index (χ1) is 13.3. The van der Waals surface area contributed by atoms with Crippen molar-refractivity contribution in [2.75, 3.05) is 10.2 Å². The van der Waals surface area contributed by atoms with Crippen LogP contribution < -0.4 is 15.7 Å². The third-order valence-electron chi connectivity index (χ3n) is 4.14. The van der Waals surface area contributed by atoms with Gasteiger partial charge in [-0.3, -0.25) is 5.43 Å². The number of nitrogens with zero attached hydrogens (tertiary/aromatic N) is 4. The molecule has 0 unspecified atom stereocenters. The van der Waals surface area contributed by atoms with Gasteiger partial charge in [0.05, 0.1) is 15.9 Å². The van der Waals surface area contributed by atoms with Crippen molar-refractivity contribution in [2.24, 2.45) is 5.10 Å². The lowest BCUT2D eigenvalue weighted by molar-refractivity contribution is 0.768. The van der Waals surface area contributed by atoms with Crippen LogP contribution in [0, 0.1) is 0 Å². The zero-order chi connectivity index (χ0) is 18.2. The molecule has 3 aromatic carbocycles. The molecule has 0 bridgehead atoms. The fourth-order valence-corrected chi connectivity index (χ4v) is 3.99. The summed E-state index contributed by atoms with van der Waals surface area (Å²) >= 11 is 7.77. The van der Waals surface area contributed by atoms with E-state index in [1.165, 1.54) is 0 Å². The Morgan fingerprint density at radius 3 is 2.52 bits per heavy atom. The van der Waals surface area contributed by atoms with Gasteiger partial charge in [-0.05, 0) is 36.4 Å². The van der Waals surface area contributed by atoms with E-state index in [9.17, 15) is 0 Å². The average Bonchev–Trinajstić information content (AvgIpc) is 3.33. The zero-order valence-electron chi connectivity index (χ0n) is 14.1. The highest BCUT2D eigenvalue weighted by molar-refractivity contribution is 7.22. The van der Waals surface area contributed by atoms with E-state index in [-0.39, 0.29) is 0 Å². The number of anilines is 2. The van der Waals surface area contributed by atoms with E-state index in [0.717, 1.165) is 26.6 Å². The molecule has 0 radical (unpaired) electrons. The summed E-state index contributed by atoms with van der Waals surface area (Å²) < 4.78 is 1.12. The van der Waals surface area contributed by atoms with Crippen LogP contribution in [0.15, 0.2) is 84.0 Å². The number of hydrazone groups is 1. The van der Waals surface area contributed by atoms with E-state index in [0.29, 0.717) is 10.9 Å². The van der Waals surface area contributed by atoms with E-state index >= 15 is 0 Å². The second-order valence-corrected chi connectivity index (χ2v) is 7.42. The first kappa shape index (κ1) is 16.1. The average molecular weight is 392 g/mol. The van der Waals surface area contributed by atoms with Crippen LogP contribution in [0.1, 0.15) is 5.56 Å². The smallest absolute Gasteiger partial charge is 0.228 e. The minimum Gasteiger partial charge on any atom is -0.256 e. The molecule has 0 aliphatic carbocycles. The Morgan fingerprint density at radius 1 is 0.889 bits per heavy atom. The maximum Gasteiger partial charge on any atom is 0.228 e. The van der Waals surface area contributed by atoms with Gasteiger partial charge in [0.2, 0.25) is 5.13 Å². The number of hydrogen-bond donors (Lipinski definition) is 1. The summed E-state index contributed by atoms with van der Waals surface area (Å²) in [5, 5.41) is 9.92. The van der Waals surface area contributed by atoms with E-state index < -0.39 is 0 Å².